The number of piperazine rings is 1. The molecule has 0 unspecified atom stereocenters. The van der Waals surface area contributed by atoms with Crippen LogP contribution in [0.2, 0.25) is 0 Å². The highest BCUT2D eigenvalue weighted by atomic mass is 19.1. The molecule has 0 radical (unpaired) electrons. The van der Waals surface area contributed by atoms with Crippen LogP contribution in [-0.4, -0.2) is 55.8 Å². The summed E-state index contributed by atoms with van der Waals surface area (Å²) in [5.41, 5.74) is 7.35. The van der Waals surface area contributed by atoms with Gasteiger partial charge in [-0.05, 0) is 25.2 Å². The van der Waals surface area contributed by atoms with Crippen molar-refractivity contribution in [3.05, 3.63) is 41.5 Å². The maximum absolute atomic E-state index is 14.0. The number of hydrogen-bond acceptors (Lipinski definition) is 6. The number of nitrogens with two attached hydrogens (primary N) is 1. The molecule has 1 aliphatic rings. The summed E-state index contributed by atoms with van der Waals surface area (Å²) >= 11 is 0. The number of esters is 1. The van der Waals surface area contributed by atoms with Crippen molar-refractivity contribution in [3.63, 3.8) is 0 Å². The molecule has 8 heteroatoms. The van der Waals surface area contributed by atoms with E-state index in [1.54, 1.807) is 6.07 Å². The quantitative estimate of drug-likeness (QED) is 0.840. The molecule has 0 atom stereocenters. The predicted octanol–water partition coefficient (Wildman–Crippen LogP) is 1.61. The molecular formula is C18H20FN5O2. The lowest BCUT2D eigenvalue weighted by molar-refractivity contribution is 0.0593. The van der Waals surface area contributed by atoms with Crippen LogP contribution in [0.3, 0.4) is 0 Å². The number of hydrogen-bond donors (Lipinski definition) is 1. The zero-order valence-corrected chi connectivity index (χ0v) is 14.7. The molecule has 0 spiro atoms. The molecule has 2 heterocycles. The summed E-state index contributed by atoms with van der Waals surface area (Å²) in [6.45, 7) is 3.28. The van der Waals surface area contributed by atoms with Gasteiger partial charge in [-0.15, -0.1) is 0 Å². The number of nitriles is 1. The van der Waals surface area contributed by atoms with Gasteiger partial charge in [0.05, 0.1) is 29.7 Å². The Kier molecular flexibility index (Phi) is 4.82. The maximum Gasteiger partial charge on any atom is 0.357 e. The number of carbonyl (C=O) groups is 1. The molecule has 1 saturated heterocycles. The van der Waals surface area contributed by atoms with Crippen molar-refractivity contribution in [2.45, 2.75) is 0 Å². The number of carbonyl (C=O) groups excluding carboxylic acids is 1. The van der Waals surface area contributed by atoms with E-state index in [-0.39, 0.29) is 16.9 Å². The third-order valence-corrected chi connectivity index (χ3v) is 4.58. The standard InChI is InChI=1S/C18H20FN5O2/c1-22-5-7-23(8-6-22)14-4-3-13(19)9-15(14)24-11-12(10-20)16(21)17(24)18(25)26-2/h3-4,9,11H,5-8,21H2,1-2H3. The molecule has 2 N–H and O–H groups in total. The minimum absolute atomic E-state index is 0.0185. The van der Waals surface area contributed by atoms with Crippen molar-refractivity contribution in [3.8, 4) is 11.8 Å². The van der Waals surface area contributed by atoms with Gasteiger partial charge in [0.15, 0.2) is 5.69 Å². The summed E-state index contributed by atoms with van der Waals surface area (Å²) in [5.74, 6) is -1.13. The number of likely N-dealkylation sites (N-methyl/N-ethyl adjacent to an activating group) is 1. The van der Waals surface area contributed by atoms with Gasteiger partial charge in [-0.3, -0.25) is 0 Å². The second-order valence-electron chi connectivity index (χ2n) is 6.20. The lowest BCUT2D eigenvalue weighted by atomic mass is 10.2. The molecule has 26 heavy (non-hydrogen) atoms. The maximum atomic E-state index is 14.0. The van der Waals surface area contributed by atoms with Gasteiger partial charge in [-0.2, -0.15) is 5.26 Å². The smallest absolute Gasteiger partial charge is 0.357 e. The minimum atomic E-state index is -0.683. The van der Waals surface area contributed by atoms with Crippen LogP contribution in [0.5, 0.6) is 0 Å². The molecule has 0 saturated carbocycles. The lowest BCUT2D eigenvalue weighted by Gasteiger charge is -2.35. The molecule has 1 aliphatic heterocycles. The average Bonchev–Trinajstić information content (AvgIpc) is 2.98. The van der Waals surface area contributed by atoms with E-state index in [1.807, 2.05) is 13.1 Å². The first-order valence-corrected chi connectivity index (χ1v) is 8.19. The van der Waals surface area contributed by atoms with E-state index in [4.69, 9.17) is 10.5 Å². The van der Waals surface area contributed by atoms with Gasteiger partial charge in [0.2, 0.25) is 0 Å². The number of methoxy groups -OCH3 is 1. The number of rotatable bonds is 3. The van der Waals surface area contributed by atoms with Crippen molar-refractivity contribution in [1.82, 2.24) is 9.47 Å². The Hall–Kier alpha value is -3.05. The summed E-state index contributed by atoms with van der Waals surface area (Å²) < 4.78 is 20.3. The Morgan fingerprint density at radius 3 is 2.58 bits per heavy atom. The number of nitrogen functional groups attached to an aromatic ring is 1. The molecule has 2 aromatic rings. The Balaban J connectivity index is 2.17. The van der Waals surface area contributed by atoms with Gasteiger partial charge in [0.1, 0.15) is 11.9 Å². The fourth-order valence-electron chi connectivity index (χ4n) is 3.11. The molecule has 1 fully saturated rings. The highest BCUT2D eigenvalue weighted by molar-refractivity contribution is 5.96. The monoisotopic (exact) mass is 357 g/mol. The van der Waals surface area contributed by atoms with E-state index in [0.29, 0.717) is 5.69 Å². The SMILES string of the molecule is COC(=O)c1c(N)c(C#N)cn1-c1cc(F)ccc1N1CCN(C)CC1. The van der Waals surface area contributed by atoms with Gasteiger partial charge in [-0.1, -0.05) is 0 Å². The van der Waals surface area contributed by atoms with Gasteiger partial charge >= 0.3 is 5.97 Å². The Morgan fingerprint density at radius 2 is 1.96 bits per heavy atom. The van der Waals surface area contributed by atoms with Crippen LogP contribution in [0.25, 0.3) is 5.69 Å². The molecule has 3 rings (SSSR count). The first-order chi connectivity index (χ1) is 12.5. The summed E-state index contributed by atoms with van der Waals surface area (Å²) in [6, 6.07) is 6.35. The number of ether oxygens (including phenoxy) is 1. The number of aromatic nitrogens is 1. The summed E-state index contributed by atoms with van der Waals surface area (Å²) in [5, 5.41) is 9.27. The van der Waals surface area contributed by atoms with Crippen LogP contribution >= 0.6 is 0 Å². The van der Waals surface area contributed by atoms with Gasteiger partial charge in [-0.25, -0.2) is 9.18 Å². The van der Waals surface area contributed by atoms with E-state index in [0.717, 1.165) is 31.9 Å². The van der Waals surface area contributed by atoms with Crippen LogP contribution in [0.15, 0.2) is 24.4 Å². The van der Waals surface area contributed by atoms with Gasteiger partial charge in [0, 0.05) is 32.4 Å². The third-order valence-electron chi connectivity index (χ3n) is 4.58. The highest BCUT2D eigenvalue weighted by Gasteiger charge is 2.25. The van der Waals surface area contributed by atoms with Crippen LogP contribution in [-0.2, 0) is 4.74 Å². The highest BCUT2D eigenvalue weighted by Crippen LogP contribution is 2.31. The largest absolute Gasteiger partial charge is 0.464 e. The first-order valence-electron chi connectivity index (χ1n) is 8.19. The van der Waals surface area contributed by atoms with Crippen molar-refractivity contribution >= 4 is 17.3 Å². The number of benzene rings is 1. The third kappa shape index (κ3) is 3.09. The van der Waals surface area contributed by atoms with E-state index >= 15 is 0 Å². The van der Waals surface area contributed by atoms with Gasteiger partial charge < -0.3 is 24.8 Å². The van der Waals surface area contributed by atoms with Crippen molar-refractivity contribution in [2.24, 2.45) is 0 Å². The van der Waals surface area contributed by atoms with E-state index in [2.05, 4.69) is 9.80 Å². The average molecular weight is 357 g/mol. The fourth-order valence-corrected chi connectivity index (χ4v) is 3.11. The van der Waals surface area contributed by atoms with Crippen molar-refractivity contribution in [1.29, 1.82) is 5.26 Å². The molecule has 7 nitrogen and oxygen atoms in total. The van der Waals surface area contributed by atoms with E-state index < -0.39 is 11.8 Å². The zero-order chi connectivity index (χ0) is 18.8. The summed E-state index contributed by atoms with van der Waals surface area (Å²) in [7, 11) is 3.28. The zero-order valence-electron chi connectivity index (χ0n) is 14.7. The number of halogens is 1. The first kappa shape index (κ1) is 17.8. The Morgan fingerprint density at radius 1 is 1.27 bits per heavy atom. The second kappa shape index (κ2) is 7.06. The molecule has 1 aromatic carbocycles. The normalized spacial score (nSPS) is 14.9. The molecule has 0 amide bonds. The molecule has 136 valence electrons. The van der Waals surface area contributed by atoms with E-state index in [1.165, 1.54) is 30.0 Å². The van der Waals surface area contributed by atoms with Crippen LogP contribution in [0, 0.1) is 17.1 Å². The Labute approximate surface area is 151 Å². The molecule has 0 bridgehead atoms. The summed E-state index contributed by atoms with van der Waals surface area (Å²) in [4.78, 5) is 16.6. The number of nitrogens with zero attached hydrogens (tertiary/aromatic N) is 4. The molecule has 1 aromatic heterocycles. The van der Waals surface area contributed by atoms with Crippen molar-refractivity contribution < 1.29 is 13.9 Å². The number of anilines is 2. The molecule has 0 aliphatic carbocycles. The predicted molar refractivity (Wildman–Crippen MR) is 95.9 cm³/mol. The van der Waals surface area contributed by atoms with Crippen LogP contribution < -0.4 is 10.6 Å². The fraction of sp³-hybridized carbons (Fsp3) is 0.333. The van der Waals surface area contributed by atoms with Crippen LogP contribution in [0.1, 0.15) is 16.1 Å². The van der Waals surface area contributed by atoms with Gasteiger partial charge in [0.25, 0.3) is 0 Å². The molecular weight excluding hydrogens is 337 g/mol. The topological polar surface area (TPSA) is 87.5 Å². The lowest BCUT2D eigenvalue weighted by Crippen LogP contribution is -2.44. The van der Waals surface area contributed by atoms with E-state index in [9.17, 15) is 14.4 Å². The summed E-state index contributed by atoms with van der Waals surface area (Å²) in [6.07, 6.45) is 1.44. The second-order valence-corrected chi connectivity index (χ2v) is 6.20. The van der Waals surface area contributed by atoms with Crippen molar-refractivity contribution in [2.75, 3.05) is 51.0 Å². The van der Waals surface area contributed by atoms with Crippen LogP contribution in [0.4, 0.5) is 15.8 Å². The Bertz CT molecular complexity index is 878. The minimum Gasteiger partial charge on any atom is -0.464 e.